The first-order valence-electron chi connectivity index (χ1n) is 3.77. The Balaban J connectivity index is -0.000000667. The van der Waals surface area contributed by atoms with E-state index in [9.17, 15) is 22.8 Å². The predicted octanol–water partition coefficient (Wildman–Crippen LogP) is -2.41. The van der Waals surface area contributed by atoms with Crippen molar-refractivity contribution >= 4 is 193 Å². The van der Waals surface area contributed by atoms with E-state index in [1.54, 1.807) is 0 Å². The van der Waals surface area contributed by atoms with Crippen LogP contribution in [0.1, 0.15) is 0 Å². The van der Waals surface area contributed by atoms with Crippen LogP contribution in [0.15, 0.2) is 0 Å². The van der Waals surface area contributed by atoms with Crippen LogP contribution in [0.5, 0.6) is 0 Å². The molecular formula is H10K3O16P5. The monoisotopic (exact) mass is 538 g/mol. The van der Waals surface area contributed by atoms with Gasteiger partial charge in [0.05, 0.1) is 0 Å². The van der Waals surface area contributed by atoms with E-state index in [-0.39, 0.29) is 154 Å². The van der Waals surface area contributed by atoms with Crippen molar-refractivity contribution in [3.63, 3.8) is 0 Å². The average Bonchev–Trinajstić information content (AvgIpc) is 1.83. The molecule has 0 amide bonds. The molecule has 134 valence electrons. The van der Waals surface area contributed by atoms with E-state index in [1.165, 1.54) is 0 Å². The molecule has 0 spiro atoms. The molecule has 0 saturated heterocycles. The molecule has 0 rings (SSSR count). The molecule has 0 heterocycles. The summed E-state index contributed by atoms with van der Waals surface area (Å²) in [6.45, 7) is 0. The summed E-state index contributed by atoms with van der Waals surface area (Å²) in [5.41, 5.74) is 0. The van der Waals surface area contributed by atoms with Gasteiger partial charge in [-0.15, -0.1) is 0 Å². The Kier molecular flexibility index (Phi) is 21.4. The van der Waals surface area contributed by atoms with Crippen LogP contribution in [0.4, 0.5) is 0 Å². The maximum atomic E-state index is 11.0. The zero-order valence-corrected chi connectivity index (χ0v) is 13.5. The summed E-state index contributed by atoms with van der Waals surface area (Å²) < 4.78 is 65.6. The second kappa shape index (κ2) is 13.9. The Morgan fingerprint density at radius 1 is 0.417 bits per heavy atom. The Hall–Kier alpha value is 5.62. The summed E-state index contributed by atoms with van der Waals surface area (Å²) in [5.74, 6) is 0. The van der Waals surface area contributed by atoms with Crippen molar-refractivity contribution in [2.75, 3.05) is 0 Å². The van der Waals surface area contributed by atoms with Gasteiger partial charge in [0.15, 0.2) is 0 Å². The van der Waals surface area contributed by atoms with Crippen molar-refractivity contribution in [3.05, 3.63) is 0 Å². The molecule has 2 atom stereocenters. The molecule has 0 aromatic carbocycles. The standard InChI is InChI=1S/3K.H7O16P5.3H/c;;;1-17(2,3)13-19(7,8)15-21(11,12)16-20(9,10)14-18(4,5)6;;;/h;;;(H,7,8)(H,9,10)(H,11,12)(H2,1,2,3)(H2,4,5,6);;;. The van der Waals surface area contributed by atoms with Gasteiger partial charge >= 0.3 is 193 Å². The van der Waals surface area contributed by atoms with Crippen LogP contribution >= 0.6 is 39.1 Å². The second-order valence-corrected chi connectivity index (χ2v) is 10.1. The Bertz CT molecular complexity index is 559. The molecule has 0 aliphatic rings. The van der Waals surface area contributed by atoms with Crippen molar-refractivity contribution in [1.29, 1.82) is 0 Å². The van der Waals surface area contributed by atoms with Crippen LogP contribution in [0.3, 0.4) is 0 Å². The topological polar surface area (TPSA) is 264 Å². The first-order valence-corrected chi connectivity index (χ1v) is 11.3. The summed E-state index contributed by atoms with van der Waals surface area (Å²) in [7, 11) is -29.3. The molecule has 24 heavy (non-hydrogen) atoms. The normalized spacial score (nSPS) is 19.3. The summed E-state index contributed by atoms with van der Waals surface area (Å²) in [4.78, 5) is 58.7. The molecule has 0 aliphatic heterocycles. The molecule has 7 N–H and O–H groups in total. The van der Waals surface area contributed by atoms with Gasteiger partial charge in [0, 0.05) is 0 Å². The first kappa shape index (κ1) is 37.0. The quantitative estimate of drug-likeness (QED) is 0.125. The summed E-state index contributed by atoms with van der Waals surface area (Å²) in [6.07, 6.45) is 0. The van der Waals surface area contributed by atoms with Gasteiger partial charge in [0.25, 0.3) is 0 Å². The predicted molar refractivity (Wildman–Crippen MR) is 79.4 cm³/mol. The molecule has 0 fully saturated rings. The third-order valence-corrected chi connectivity index (χ3v) is 7.49. The molecule has 0 aromatic rings. The molecule has 0 saturated carbocycles. The fraction of sp³-hybridized carbons (Fsp3) is 0. The first-order chi connectivity index (χ1) is 8.83. The Morgan fingerprint density at radius 3 is 0.750 bits per heavy atom. The summed E-state index contributed by atoms with van der Waals surface area (Å²) >= 11 is 0. The van der Waals surface area contributed by atoms with E-state index in [0.29, 0.717) is 0 Å². The molecule has 24 heteroatoms. The fourth-order valence-corrected chi connectivity index (χ4v) is 5.97. The average molecular weight is 538 g/mol. The number of rotatable bonds is 8. The number of phosphoric acid groups is 5. The molecule has 0 aliphatic carbocycles. The minimum absolute atomic E-state index is 0. The van der Waals surface area contributed by atoms with Gasteiger partial charge in [-0.1, -0.05) is 0 Å². The maximum absolute atomic E-state index is 11.0. The van der Waals surface area contributed by atoms with Crippen LogP contribution in [0.25, 0.3) is 0 Å². The van der Waals surface area contributed by atoms with Crippen LogP contribution in [-0.2, 0) is 40.1 Å². The van der Waals surface area contributed by atoms with Crippen LogP contribution in [0.2, 0.25) is 0 Å². The van der Waals surface area contributed by atoms with Gasteiger partial charge in [-0.25, -0.2) is 22.8 Å². The number of hydrogen-bond acceptors (Lipinski definition) is 9. The van der Waals surface area contributed by atoms with Crippen molar-refractivity contribution < 1.29 is 74.3 Å². The molecule has 0 aromatic heterocycles. The SMILES string of the molecule is O=P(O)(O)OP(=O)(O)OP(=O)(O)OP(=O)(O)OP(=O)(O)O.[KH].[KH].[KH]. The van der Waals surface area contributed by atoms with Gasteiger partial charge in [0.2, 0.25) is 0 Å². The van der Waals surface area contributed by atoms with Gasteiger partial charge in [-0.2, -0.15) is 17.2 Å². The fourth-order valence-electron chi connectivity index (χ4n) is 0.574. The van der Waals surface area contributed by atoms with Gasteiger partial charge in [-0.05, 0) is 0 Å². The molecule has 2 unspecified atom stereocenters. The van der Waals surface area contributed by atoms with Crippen molar-refractivity contribution in [2.45, 2.75) is 0 Å². The third-order valence-electron chi connectivity index (χ3n) is 0.832. The molecule has 0 bridgehead atoms. The van der Waals surface area contributed by atoms with E-state index in [4.69, 9.17) is 34.3 Å². The van der Waals surface area contributed by atoms with Crippen molar-refractivity contribution in [3.8, 4) is 0 Å². The van der Waals surface area contributed by atoms with Gasteiger partial charge in [0.1, 0.15) is 0 Å². The Labute approximate surface area is 261 Å². The van der Waals surface area contributed by atoms with Crippen molar-refractivity contribution in [2.24, 2.45) is 0 Å². The molecule has 16 nitrogen and oxygen atoms in total. The Morgan fingerprint density at radius 2 is 0.583 bits per heavy atom. The van der Waals surface area contributed by atoms with E-state index in [0.717, 1.165) is 0 Å². The minimum atomic E-state index is -6.07. The van der Waals surface area contributed by atoms with E-state index >= 15 is 0 Å². The van der Waals surface area contributed by atoms with E-state index in [2.05, 4.69) is 17.2 Å². The van der Waals surface area contributed by atoms with Crippen LogP contribution in [-0.4, -0.2) is 188 Å². The summed E-state index contributed by atoms with van der Waals surface area (Å²) in [5, 5.41) is 0. The molecular weight excluding hydrogens is 528 g/mol. The van der Waals surface area contributed by atoms with Crippen molar-refractivity contribution in [1.82, 2.24) is 0 Å². The van der Waals surface area contributed by atoms with Crippen LogP contribution in [0, 0.1) is 0 Å². The zero-order valence-electron chi connectivity index (χ0n) is 9.04. The molecule has 0 radical (unpaired) electrons. The van der Waals surface area contributed by atoms with Gasteiger partial charge < -0.3 is 34.3 Å². The summed E-state index contributed by atoms with van der Waals surface area (Å²) in [6, 6.07) is 0. The third kappa shape index (κ3) is 22.3. The van der Waals surface area contributed by atoms with E-state index in [1.807, 2.05) is 0 Å². The van der Waals surface area contributed by atoms with E-state index < -0.39 is 39.1 Å². The number of hydrogen-bond donors (Lipinski definition) is 7. The van der Waals surface area contributed by atoms with Gasteiger partial charge in [-0.3, -0.25) is 0 Å². The second-order valence-electron chi connectivity index (χ2n) is 2.71. The van der Waals surface area contributed by atoms with Crippen LogP contribution < -0.4 is 0 Å². The zero-order chi connectivity index (χ0) is 17.3.